The third-order valence-corrected chi connectivity index (χ3v) is 15.7. The largest absolute Gasteiger partial charge is 0.394 e. The number of rotatable bonds is 62. The van der Waals surface area contributed by atoms with E-state index in [0.29, 0.717) is 6.42 Å². The van der Waals surface area contributed by atoms with Gasteiger partial charge in [-0.1, -0.05) is 366 Å². The minimum atomic E-state index is -0.861. The SMILES string of the molecule is CCCCCCCCCCCCCCCCCCCCCCCCCC/C=C/CC/C=C/C(O)C(CO)NC(=O)CCCCCCCCCCCCCCCCCCCCCCCCCCCCCCC. The highest BCUT2D eigenvalue weighted by molar-refractivity contribution is 5.76. The first-order chi connectivity index (χ1) is 35.2. The Balaban J connectivity index is 3.44. The van der Waals surface area contributed by atoms with Gasteiger partial charge in [0.2, 0.25) is 5.91 Å². The molecular weight excluding hydrogens is 867 g/mol. The van der Waals surface area contributed by atoms with Crippen molar-refractivity contribution < 1.29 is 15.0 Å². The molecule has 0 radical (unpaired) electrons. The first-order valence-corrected chi connectivity index (χ1v) is 33.1. The van der Waals surface area contributed by atoms with Gasteiger partial charge in [0.15, 0.2) is 0 Å². The van der Waals surface area contributed by atoms with Crippen molar-refractivity contribution in [3.63, 3.8) is 0 Å². The molecule has 2 atom stereocenters. The Kier molecular flexibility index (Phi) is 62.2. The van der Waals surface area contributed by atoms with Gasteiger partial charge in [-0.3, -0.25) is 4.79 Å². The van der Waals surface area contributed by atoms with Crippen molar-refractivity contribution in [2.24, 2.45) is 0 Å². The Hall–Kier alpha value is -1.13. The van der Waals surface area contributed by atoms with Gasteiger partial charge in [0.05, 0.1) is 18.8 Å². The summed E-state index contributed by atoms with van der Waals surface area (Å²) in [6.07, 6.45) is 85.4. The van der Waals surface area contributed by atoms with Gasteiger partial charge in [-0.25, -0.2) is 0 Å². The molecule has 0 fully saturated rings. The molecule has 0 aromatic carbocycles. The van der Waals surface area contributed by atoms with Crippen LogP contribution in [0.1, 0.15) is 380 Å². The van der Waals surface area contributed by atoms with Crippen LogP contribution < -0.4 is 5.32 Å². The fourth-order valence-corrected chi connectivity index (χ4v) is 10.7. The zero-order valence-electron chi connectivity index (χ0n) is 48.8. The Bertz CT molecular complexity index is 1040. The molecule has 0 aliphatic heterocycles. The number of hydrogen-bond acceptors (Lipinski definition) is 3. The lowest BCUT2D eigenvalue weighted by Crippen LogP contribution is -2.45. The molecule has 0 saturated heterocycles. The van der Waals surface area contributed by atoms with Gasteiger partial charge in [-0.15, -0.1) is 0 Å². The number of hydrogen-bond donors (Lipinski definition) is 3. The molecule has 1 amide bonds. The summed E-state index contributed by atoms with van der Waals surface area (Å²) in [6.45, 7) is 4.35. The van der Waals surface area contributed by atoms with Crippen molar-refractivity contribution in [1.29, 1.82) is 0 Å². The molecule has 0 heterocycles. The van der Waals surface area contributed by atoms with E-state index >= 15 is 0 Å². The molecule has 0 aromatic heterocycles. The van der Waals surface area contributed by atoms with Crippen molar-refractivity contribution in [3.8, 4) is 0 Å². The quantitative estimate of drug-likeness (QED) is 0.0420. The van der Waals surface area contributed by atoms with Gasteiger partial charge in [0.25, 0.3) is 0 Å². The maximum Gasteiger partial charge on any atom is 0.220 e. The zero-order valence-corrected chi connectivity index (χ0v) is 48.8. The van der Waals surface area contributed by atoms with Gasteiger partial charge >= 0.3 is 0 Å². The van der Waals surface area contributed by atoms with E-state index in [4.69, 9.17) is 0 Å². The van der Waals surface area contributed by atoms with Gasteiger partial charge in [-0.05, 0) is 32.1 Å². The van der Waals surface area contributed by atoms with E-state index in [0.717, 1.165) is 32.1 Å². The van der Waals surface area contributed by atoms with Crippen LogP contribution in [0.2, 0.25) is 0 Å². The van der Waals surface area contributed by atoms with Crippen LogP contribution in [0.5, 0.6) is 0 Å². The molecule has 0 spiro atoms. The van der Waals surface area contributed by atoms with Crippen molar-refractivity contribution in [3.05, 3.63) is 24.3 Å². The second-order valence-corrected chi connectivity index (χ2v) is 22.9. The second kappa shape index (κ2) is 63.2. The van der Waals surface area contributed by atoms with Gasteiger partial charge in [0, 0.05) is 6.42 Å². The van der Waals surface area contributed by atoms with Gasteiger partial charge in [0.1, 0.15) is 0 Å². The molecule has 422 valence electrons. The number of nitrogens with one attached hydrogen (secondary N) is 1. The van der Waals surface area contributed by atoms with Crippen molar-refractivity contribution in [1.82, 2.24) is 5.32 Å². The van der Waals surface area contributed by atoms with Crippen LogP contribution in [0, 0.1) is 0 Å². The molecule has 0 aromatic rings. The molecule has 0 aliphatic carbocycles. The first kappa shape index (κ1) is 69.9. The summed E-state index contributed by atoms with van der Waals surface area (Å²) < 4.78 is 0. The fourth-order valence-electron chi connectivity index (χ4n) is 10.7. The summed E-state index contributed by atoms with van der Waals surface area (Å²) in [5.41, 5.74) is 0. The fraction of sp³-hybridized carbons (Fsp3) is 0.925. The molecule has 0 rings (SSSR count). The minimum absolute atomic E-state index is 0.0646. The molecular formula is C67H131NO3. The minimum Gasteiger partial charge on any atom is -0.394 e. The van der Waals surface area contributed by atoms with Crippen LogP contribution in [-0.2, 0) is 4.79 Å². The summed E-state index contributed by atoms with van der Waals surface area (Å²) in [5, 5.41) is 23.2. The van der Waals surface area contributed by atoms with E-state index in [2.05, 4.69) is 31.3 Å². The van der Waals surface area contributed by atoms with Crippen LogP contribution in [0.4, 0.5) is 0 Å². The Morgan fingerprint density at radius 2 is 0.549 bits per heavy atom. The lowest BCUT2D eigenvalue weighted by Gasteiger charge is -2.19. The van der Waals surface area contributed by atoms with Crippen molar-refractivity contribution in [2.75, 3.05) is 6.61 Å². The Labute approximate surface area is 447 Å². The standard InChI is InChI=1S/C67H131NO3/c1-3-5-7-9-11-13-15-17-19-21-23-25-27-29-31-33-35-36-38-40-42-44-46-48-50-52-54-56-58-60-62-66(70)65(64-69)68-67(71)63-61-59-57-55-53-51-49-47-45-43-41-39-37-34-32-30-28-26-24-22-20-18-16-14-12-10-8-6-4-2/h52,54,60,62,65-66,69-70H,3-51,53,55-59,61,63-64H2,1-2H3,(H,68,71)/b54-52+,62-60+. The van der Waals surface area contributed by atoms with E-state index in [-0.39, 0.29) is 12.5 Å². The maximum absolute atomic E-state index is 12.5. The molecule has 3 N–H and O–H groups in total. The second-order valence-electron chi connectivity index (χ2n) is 22.9. The average molecular weight is 999 g/mol. The topological polar surface area (TPSA) is 69.6 Å². The third-order valence-electron chi connectivity index (χ3n) is 15.7. The van der Waals surface area contributed by atoms with Crippen LogP contribution in [0.25, 0.3) is 0 Å². The number of aliphatic hydroxyl groups is 2. The van der Waals surface area contributed by atoms with E-state index in [9.17, 15) is 15.0 Å². The lowest BCUT2D eigenvalue weighted by atomic mass is 10.0. The van der Waals surface area contributed by atoms with Gasteiger partial charge < -0.3 is 15.5 Å². The van der Waals surface area contributed by atoms with Crippen molar-refractivity contribution >= 4 is 5.91 Å². The monoisotopic (exact) mass is 998 g/mol. The van der Waals surface area contributed by atoms with E-state index in [1.807, 2.05) is 6.08 Å². The highest BCUT2D eigenvalue weighted by atomic mass is 16.3. The average Bonchev–Trinajstić information content (AvgIpc) is 3.37. The van der Waals surface area contributed by atoms with Crippen LogP contribution in [0.3, 0.4) is 0 Å². The molecule has 0 aliphatic rings. The molecule has 4 heteroatoms. The molecule has 2 unspecified atom stereocenters. The maximum atomic E-state index is 12.5. The molecule has 71 heavy (non-hydrogen) atoms. The van der Waals surface area contributed by atoms with Crippen LogP contribution >= 0.6 is 0 Å². The predicted octanol–water partition coefficient (Wildman–Crippen LogP) is 22.2. The predicted molar refractivity (Wildman–Crippen MR) is 318 cm³/mol. The summed E-state index contributed by atoms with van der Waals surface area (Å²) in [7, 11) is 0. The van der Waals surface area contributed by atoms with Crippen LogP contribution in [-0.4, -0.2) is 34.9 Å². The number of unbranched alkanes of at least 4 members (excludes halogenated alkanes) is 53. The zero-order chi connectivity index (χ0) is 51.3. The molecule has 0 saturated carbocycles. The Morgan fingerprint density at radius 1 is 0.324 bits per heavy atom. The smallest absolute Gasteiger partial charge is 0.220 e. The van der Waals surface area contributed by atoms with E-state index < -0.39 is 12.1 Å². The first-order valence-electron chi connectivity index (χ1n) is 33.1. The summed E-state index contributed by atoms with van der Waals surface area (Å²) in [5.74, 6) is -0.0646. The normalized spacial score (nSPS) is 12.8. The molecule has 0 bridgehead atoms. The van der Waals surface area contributed by atoms with Crippen LogP contribution in [0.15, 0.2) is 24.3 Å². The Morgan fingerprint density at radius 3 is 0.817 bits per heavy atom. The number of amides is 1. The highest BCUT2D eigenvalue weighted by Gasteiger charge is 2.18. The number of allylic oxidation sites excluding steroid dienone is 3. The third kappa shape index (κ3) is 59.6. The van der Waals surface area contributed by atoms with E-state index in [1.54, 1.807) is 6.08 Å². The highest BCUT2D eigenvalue weighted by Crippen LogP contribution is 2.19. The number of carbonyl (C=O) groups is 1. The summed E-state index contributed by atoms with van der Waals surface area (Å²) >= 11 is 0. The summed E-state index contributed by atoms with van der Waals surface area (Å²) in [6, 6.07) is -0.637. The number of aliphatic hydroxyl groups excluding tert-OH is 2. The summed E-state index contributed by atoms with van der Waals surface area (Å²) in [4.78, 5) is 12.5. The van der Waals surface area contributed by atoms with Crippen molar-refractivity contribution in [2.45, 2.75) is 392 Å². The lowest BCUT2D eigenvalue weighted by molar-refractivity contribution is -0.123. The van der Waals surface area contributed by atoms with E-state index in [1.165, 1.54) is 327 Å². The van der Waals surface area contributed by atoms with Gasteiger partial charge in [-0.2, -0.15) is 0 Å². The number of carbonyl (C=O) groups excluding carboxylic acids is 1. The molecule has 4 nitrogen and oxygen atoms in total.